The van der Waals surface area contributed by atoms with Crippen LogP contribution in [0, 0.1) is 0 Å². The molecule has 0 saturated heterocycles. The number of hydrogen-bond donors (Lipinski definition) is 0. The molecule has 344 valence electrons. The molecule has 1 atom stereocenters. The van der Waals surface area contributed by atoms with Crippen molar-refractivity contribution < 1.29 is 28.6 Å². The summed E-state index contributed by atoms with van der Waals surface area (Å²) in [4.78, 5) is 37.9. The van der Waals surface area contributed by atoms with E-state index in [1.807, 2.05) is 0 Å². The highest BCUT2D eigenvalue weighted by atomic mass is 16.6. The summed E-state index contributed by atoms with van der Waals surface area (Å²) in [5, 5.41) is 0. The van der Waals surface area contributed by atoms with Gasteiger partial charge in [0.1, 0.15) is 13.2 Å². The van der Waals surface area contributed by atoms with Crippen LogP contribution >= 0.6 is 0 Å². The van der Waals surface area contributed by atoms with Crippen molar-refractivity contribution in [2.75, 3.05) is 13.2 Å². The summed E-state index contributed by atoms with van der Waals surface area (Å²) in [6.45, 7) is 6.59. The summed E-state index contributed by atoms with van der Waals surface area (Å²) in [7, 11) is 0. The van der Waals surface area contributed by atoms with E-state index < -0.39 is 6.10 Å². The van der Waals surface area contributed by atoms with Gasteiger partial charge in [0, 0.05) is 19.3 Å². The van der Waals surface area contributed by atoms with Gasteiger partial charge in [-0.05, 0) is 77.0 Å². The predicted octanol–water partition coefficient (Wildman–Crippen LogP) is 16.5. The minimum Gasteiger partial charge on any atom is -0.462 e. The highest BCUT2D eigenvalue weighted by Crippen LogP contribution is 2.15. The van der Waals surface area contributed by atoms with Crippen LogP contribution in [0.1, 0.15) is 265 Å². The second-order valence-corrected chi connectivity index (χ2v) is 17.1. The van der Waals surface area contributed by atoms with E-state index in [4.69, 9.17) is 14.2 Å². The third-order valence-electron chi connectivity index (χ3n) is 11.1. The minimum absolute atomic E-state index is 0.0755. The molecule has 0 aliphatic heterocycles. The maximum atomic E-state index is 12.7. The zero-order valence-corrected chi connectivity index (χ0v) is 39.3. The predicted molar refractivity (Wildman–Crippen MR) is 252 cm³/mol. The molecule has 0 amide bonds. The van der Waals surface area contributed by atoms with E-state index in [0.29, 0.717) is 19.3 Å². The van der Waals surface area contributed by atoms with Gasteiger partial charge in [0.2, 0.25) is 0 Å². The number of ether oxygens (including phenoxy) is 3. The first-order valence-electron chi connectivity index (χ1n) is 25.5. The van der Waals surface area contributed by atoms with E-state index in [9.17, 15) is 14.4 Å². The van der Waals surface area contributed by atoms with Gasteiger partial charge in [0.25, 0.3) is 0 Å². The summed E-state index contributed by atoms with van der Waals surface area (Å²) in [6, 6.07) is 0. The Morgan fingerprint density at radius 2 is 0.610 bits per heavy atom. The lowest BCUT2D eigenvalue weighted by atomic mass is 10.1. The molecule has 0 aliphatic rings. The van der Waals surface area contributed by atoms with Crippen LogP contribution in [0.25, 0.3) is 0 Å². The Morgan fingerprint density at radius 3 is 1.00 bits per heavy atom. The van der Waals surface area contributed by atoms with Crippen LogP contribution in [0.5, 0.6) is 0 Å². The van der Waals surface area contributed by atoms with E-state index >= 15 is 0 Å². The molecule has 0 saturated carbocycles. The number of esters is 3. The Balaban J connectivity index is 4.33. The Bertz CT molecular complexity index is 1000. The molecule has 0 fully saturated rings. The zero-order valence-electron chi connectivity index (χ0n) is 39.3. The van der Waals surface area contributed by atoms with Gasteiger partial charge < -0.3 is 14.2 Å². The maximum Gasteiger partial charge on any atom is 0.306 e. The Kier molecular flexibility index (Phi) is 46.4. The van der Waals surface area contributed by atoms with Crippen molar-refractivity contribution in [2.45, 2.75) is 271 Å². The van der Waals surface area contributed by atoms with Gasteiger partial charge in [-0.2, -0.15) is 0 Å². The summed E-state index contributed by atoms with van der Waals surface area (Å²) in [6.07, 6.45) is 55.5. The van der Waals surface area contributed by atoms with Gasteiger partial charge >= 0.3 is 17.9 Å². The molecule has 59 heavy (non-hydrogen) atoms. The number of hydrogen-bond acceptors (Lipinski definition) is 6. The van der Waals surface area contributed by atoms with Crippen LogP contribution in [0.2, 0.25) is 0 Å². The lowest BCUT2D eigenvalue weighted by Crippen LogP contribution is -2.30. The van der Waals surface area contributed by atoms with Crippen LogP contribution in [0.4, 0.5) is 0 Å². The normalized spacial score (nSPS) is 12.3. The van der Waals surface area contributed by atoms with Crippen LogP contribution in [-0.4, -0.2) is 37.2 Å². The average Bonchev–Trinajstić information content (AvgIpc) is 3.23. The first-order valence-corrected chi connectivity index (χ1v) is 25.5. The van der Waals surface area contributed by atoms with Crippen molar-refractivity contribution in [3.63, 3.8) is 0 Å². The quantitative estimate of drug-likeness (QED) is 0.0263. The van der Waals surface area contributed by atoms with E-state index in [1.54, 1.807) is 0 Å². The number of unbranched alkanes of at least 4 members (excludes halogenated alkanes) is 29. The molecule has 0 heterocycles. The van der Waals surface area contributed by atoms with E-state index in [-0.39, 0.29) is 31.1 Å². The largest absolute Gasteiger partial charge is 0.462 e. The van der Waals surface area contributed by atoms with Crippen molar-refractivity contribution in [3.05, 3.63) is 36.5 Å². The second kappa shape index (κ2) is 48.3. The fraction of sp³-hybridized carbons (Fsp3) is 0.830. The first kappa shape index (κ1) is 56.6. The molecule has 6 heteroatoms. The highest BCUT2D eigenvalue weighted by molar-refractivity contribution is 5.71. The van der Waals surface area contributed by atoms with Crippen molar-refractivity contribution in [1.29, 1.82) is 0 Å². The number of rotatable bonds is 46. The summed E-state index contributed by atoms with van der Waals surface area (Å²) in [5.41, 5.74) is 0. The van der Waals surface area contributed by atoms with Crippen LogP contribution in [0.15, 0.2) is 36.5 Å². The van der Waals surface area contributed by atoms with Gasteiger partial charge in [0.15, 0.2) is 6.10 Å². The van der Waals surface area contributed by atoms with Crippen molar-refractivity contribution in [2.24, 2.45) is 0 Å². The minimum atomic E-state index is -0.775. The van der Waals surface area contributed by atoms with Gasteiger partial charge in [-0.15, -0.1) is 0 Å². The molecule has 0 bridgehead atoms. The number of allylic oxidation sites excluding steroid dienone is 6. The van der Waals surface area contributed by atoms with Crippen molar-refractivity contribution in [3.8, 4) is 0 Å². The molecule has 6 nitrogen and oxygen atoms in total. The fourth-order valence-corrected chi connectivity index (χ4v) is 7.23. The molecular formula is C53H96O6. The number of carbonyl (C=O) groups is 3. The first-order chi connectivity index (χ1) is 29.0. The summed E-state index contributed by atoms with van der Waals surface area (Å²) in [5.74, 6) is -0.886. The standard InChI is InChI=1S/C53H96O6/c1-4-7-10-13-16-19-22-24-25-26-27-28-29-32-34-37-40-43-46-52(55)58-49-50(48-57-51(54)45-42-39-36-33-30-21-18-15-12-9-6-3)59-53(56)47-44-41-38-35-31-23-20-17-14-11-8-5-2/h17,19-20,22,25-26,50H,4-16,18,21,23-24,27-49H2,1-3H3/b20-17-,22-19-,26-25-. The lowest BCUT2D eigenvalue weighted by molar-refractivity contribution is -0.167. The van der Waals surface area contributed by atoms with Crippen molar-refractivity contribution in [1.82, 2.24) is 0 Å². The molecule has 1 unspecified atom stereocenters. The van der Waals surface area contributed by atoms with E-state index in [0.717, 1.165) is 83.5 Å². The Labute approximate surface area is 365 Å². The van der Waals surface area contributed by atoms with Crippen molar-refractivity contribution >= 4 is 17.9 Å². The van der Waals surface area contributed by atoms with E-state index in [1.165, 1.54) is 141 Å². The zero-order chi connectivity index (χ0) is 43.0. The summed E-state index contributed by atoms with van der Waals surface area (Å²) >= 11 is 0. The molecular weight excluding hydrogens is 733 g/mol. The Hall–Kier alpha value is -2.37. The monoisotopic (exact) mass is 829 g/mol. The molecule has 0 aromatic carbocycles. The molecule has 0 spiro atoms. The smallest absolute Gasteiger partial charge is 0.306 e. The van der Waals surface area contributed by atoms with Gasteiger partial charge in [-0.3, -0.25) is 14.4 Å². The maximum absolute atomic E-state index is 12.7. The molecule has 0 N–H and O–H groups in total. The molecule has 0 radical (unpaired) electrons. The van der Waals surface area contributed by atoms with Gasteiger partial charge in [-0.1, -0.05) is 205 Å². The molecule has 0 aliphatic carbocycles. The third-order valence-corrected chi connectivity index (χ3v) is 11.1. The SMILES string of the molecule is CCCCC/C=C\CCCCCCCC(=O)OC(COC(=O)CCCCCCCCC/C=C\C/C=C\CCCCCC)COC(=O)CCCCCCCCCCCCC. The lowest BCUT2D eigenvalue weighted by Gasteiger charge is -2.18. The molecule has 0 rings (SSSR count). The van der Waals surface area contributed by atoms with Crippen LogP contribution in [-0.2, 0) is 28.6 Å². The Morgan fingerprint density at radius 1 is 0.339 bits per heavy atom. The summed E-state index contributed by atoms with van der Waals surface area (Å²) < 4.78 is 16.8. The van der Waals surface area contributed by atoms with Gasteiger partial charge in [-0.25, -0.2) is 0 Å². The average molecular weight is 829 g/mol. The van der Waals surface area contributed by atoms with Gasteiger partial charge in [0.05, 0.1) is 0 Å². The highest BCUT2D eigenvalue weighted by Gasteiger charge is 2.19. The second-order valence-electron chi connectivity index (χ2n) is 17.1. The molecule has 0 aromatic rings. The van der Waals surface area contributed by atoms with E-state index in [2.05, 4.69) is 57.2 Å². The topological polar surface area (TPSA) is 78.9 Å². The van der Waals surface area contributed by atoms with Crippen LogP contribution < -0.4 is 0 Å². The fourth-order valence-electron chi connectivity index (χ4n) is 7.23. The molecule has 0 aromatic heterocycles. The third kappa shape index (κ3) is 46.5. The number of carbonyl (C=O) groups excluding carboxylic acids is 3. The van der Waals surface area contributed by atoms with Crippen LogP contribution in [0.3, 0.4) is 0 Å².